The van der Waals surface area contributed by atoms with Gasteiger partial charge in [0.15, 0.2) is 5.96 Å². The van der Waals surface area contributed by atoms with Gasteiger partial charge in [0.2, 0.25) is 5.91 Å². The fourth-order valence-electron chi connectivity index (χ4n) is 2.81. The van der Waals surface area contributed by atoms with Crippen LogP contribution in [-0.4, -0.2) is 67.0 Å². The van der Waals surface area contributed by atoms with Crippen LogP contribution in [0.25, 0.3) is 0 Å². The lowest BCUT2D eigenvalue weighted by molar-refractivity contribution is -0.135. The van der Waals surface area contributed by atoms with Gasteiger partial charge in [0.25, 0.3) is 0 Å². The van der Waals surface area contributed by atoms with Gasteiger partial charge in [-0.25, -0.2) is 0 Å². The van der Waals surface area contributed by atoms with Crippen molar-refractivity contribution in [3.05, 3.63) is 34.9 Å². The Kier molecular flexibility index (Phi) is 9.83. The minimum Gasteiger partial charge on any atom is -0.355 e. The second kappa shape index (κ2) is 11.1. The maximum Gasteiger partial charge on any atom is 0.242 e. The molecular formula is C19H31ClIN5O. The van der Waals surface area contributed by atoms with Gasteiger partial charge in [0.1, 0.15) is 0 Å². The van der Waals surface area contributed by atoms with Crippen LogP contribution >= 0.6 is 35.6 Å². The monoisotopic (exact) mass is 507 g/mol. The van der Waals surface area contributed by atoms with E-state index in [-0.39, 0.29) is 35.4 Å². The Morgan fingerprint density at radius 3 is 2.41 bits per heavy atom. The highest BCUT2D eigenvalue weighted by molar-refractivity contribution is 14.0. The van der Waals surface area contributed by atoms with Crippen molar-refractivity contribution in [1.29, 1.82) is 0 Å². The van der Waals surface area contributed by atoms with E-state index >= 15 is 0 Å². The first-order chi connectivity index (χ1) is 12.3. The zero-order valence-electron chi connectivity index (χ0n) is 16.6. The first-order valence-corrected chi connectivity index (χ1v) is 9.39. The van der Waals surface area contributed by atoms with Crippen LogP contribution in [0.15, 0.2) is 29.3 Å². The summed E-state index contributed by atoms with van der Waals surface area (Å²) in [5.74, 6) is 0.891. The molecule has 8 heteroatoms. The van der Waals surface area contributed by atoms with Gasteiger partial charge >= 0.3 is 0 Å². The van der Waals surface area contributed by atoms with Crippen molar-refractivity contribution in [2.45, 2.75) is 32.9 Å². The lowest BCUT2D eigenvalue weighted by Crippen LogP contribution is -2.55. The van der Waals surface area contributed by atoms with E-state index in [1.165, 1.54) is 0 Å². The van der Waals surface area contributed by atoms with Crippen molar-refractivity contribution in [3.63, 3.8) is 0 Å². The van der Waals surface area contributed by atoms with Crippen LogP contribution in [0.4, 0.5) is 0 Å². The Hall–Kier alpha value is -1.06. The van der Waals surface area contributed by atoms with Gasteiger partial charge in [0, 0.05) is 50.3 Å². The maximum atomic E-state index is 12.5. The molecule has 0 aromatic heterocycles. The van der Waals surface area contributed by atoms with E-state index in [0.29, 0.717) is 24.7 Å². The summed E-state index contributed by atoms with van der Waals surface area (Å²) in [6.07, 6.45) is 0. The number of amides is 1. The third kappa shape index (κ3) is 8.23. The minimum absolute atomic E-state index is 0. The van der Waals surface area contributed by atoms with Crippen molar-refractivity contribution in [2.75, 3.05) is 39.8 Å². The second-order valence-corrected chi connectivity index (χ2v) is 7.95. The fourth-order valence-corrected chi connectivity index (χ4v) is 2.94. The summed E-state index contributed by atoms with van der Waals surface area (Å²) in [5.41, 5.74) is 1.18. The molecule has 1 saturated heterocycles. The molecule has 2 N–H and O–H groups in total. The molecule has 1 aliphatic rings. The molecule has 1 fully saturated rings. The van der Waals surface area contributed by atoms with Crippen molar-refractivity contribution in [2.24, 2.45) is 4.99 Å². The normalized spacial score (nSPS) is 15.6. The number of hydrogen-bond acceptors (Lipinski definition) is 3. The Labute approximate surface area is 184 Å². The molecule has 6 nitrogen and oxygen atoms in total. The van der Waals surface area contributed by atoms with Gasteiger partial charge in [0.05, 0.1) is 6.54 Å². The Morgan fingerprint density at radius 1 is 1.19 bits per heavy atom. The van der Waals surface area contributed by atoms with Crippen LogP contribution in [0.5, 0.6) is 0 Å². The zero-order chi connectivity index (χ0) is 19.2. The number of carbonyl (C=O) groups excluding carboxylic acids is 1. The molecule has 1 aromatic carbocycles. The number of aliphatic imine (C=N–C) groups is 1. The van der Waals surface area contributed by atoms with Gasteiger partial charge in [-0.2, -0.15) is 0 Å². The van der Waals surface area contributed by atoms with Crippen LogP contribution in [-0.2, 0) is 11.3 Å². The van der Waals surface area contributed by atoms with Crippen molar-refractivity contribution >= 4 is 47.4 Å². The third-order valence-corrected chi connectivity index (χ3v) is 4.43. The van der Waals surface area contributed by atoms with Gasteiger partial charge in [-0.15, -0.1) is 24.0 Å². The highest BCUT2D eigenvalue weighted by Crippen LogP contribution is 2.13. The Balaban J connectivity index is 0.00000364. The number of nitrogens with one attached hydrogen (secondary N) is 2. The maximum absolute atomic E-state index is 12.5. The molecule has 0 atom stereocenters. The van der Waals surface area contributed by atoms with E-state index in [4.69, 9.17) is 11.6 Å². The average Bonchev–Trinajstić information content (AvgIpc) is 2.58. The highest BCUT2D eigenvalue weighted by atomic mass is 127. The van der Waals surface area contributed by atoms with Gasteiger partial charge < -0.3 is 20.4 Å². The molecule has 27 heavy (non-hydrogen) atoms. The zero-order valence-corrected chi connectivity index (χ0v) is 19.7. The number of benzene rings is 1. The largest absolute Gasteiger partial charge is 0.355 e. The van der Waals surface area contributed by atoms with E-state index in [0.717, 1.165) is 31.2 Å². The number of nitrogens with zero attached hydrogens (tertiary/aromatic N) is 3. The number of carbonyl (C=O) groups is 1. The van der Waals surface area contributed by atoms with Gasteiger partial charge in [-0.1, -0.05) is 23.7 Å². The fraction of sp³-hybridized carbons (Fsp3) is 0.579. The molecule has 1 amide bonds. The third-order valence-electron chi connectivity index (χ3n) is 4.18. The van der Waals surface area contributed by atoms with Crippen molar-refractivity contribution in [3.8, 4) is 0 Å². The quantitative estimate of drug-likeness (QED) is 0.278. The summed E-state index contributed by atoms with van der Waals surface area (Å²) < 4.78 is 0. The van der Waals surface area contributed by atoms with E-state index in [1.807, 2.05) is 34.1 Å². The first-order valence-electron chi connectivity index (χ1n) is 9.01. The van der Waals surface area contributed by atoms with Crippen LogP contribution in [0.3, 0.4) is 0 Å². The topological polar surface area (TPSA) is 60.0 Å². The van der Waals surface area contributed by atoms with Crippen molar-refractivity contribution in [1.82, 2.24) is 20.4 Å². The Bertz CT molecular complexity index is 630. The minimum atomic E-state index is 0. The summed E-state index contributed by atoms with van der Waals surface area (Å²) in [4.78, 5) is 20.7. The predicted molar refractivity (Wildman–Crippen MR) is 123 cm³/mol. The number of hydrogen-bond donors (Lipinski definition) is 2. The average molecular weight is 508 g/mol. The molecule has 0 aliphatic carbocycles. The van der Waals surface area contributed by atoms with E-state index < -0.39 is 0 Å². The van der Waals surface area contributed by atoms with Gasteiger partial charge in [-0.05, 0) is 38.5 Å². The van der Waals surface area contributed by atoms with Crippen LogP contribution in [0.1, 0.15) is 26.3 Å². The molecule has 2 rings (SSSR count). The van der Waals surface area contributed by atoms with Crippen molar-refractivity contribution < 1.29 is 4.79 Å². The summed E-state index contributed by atoms with van der Waals surface area (Å²) >= 11 is 5.92. The molecule has 0 unspecified atom stereocenters. The molecule has 1 aliphatic heterocycles. The molecule has 0 bridgehead atoms. The van der Waals surface area contributed by atoms with Crippen LogP contribution < -0.4 is 10.6 Å². The summed E-state index contributed by atoms with van der Waals surface area (Å²) in [7, 11) is 1.75. The smallest absolute Gasteiger partial charge is 0.242 e. The molecule has 0 radical (unpaired) electrons. The summed E-state index contributed by atoms with van der Waals surface area (Å²) in [6, 6.07) is 7.64. The summed E-state index contributed by atoms with van der Waals surface area (Å²) in [6.45, 7) is 10.4. The van der Waals surface area contributed by atoms with E-state index in [1.54, 1.807) is 7.05 Å². The molecule has 1 heterocycles. The number of rotatable bonds is 5. The standard InChI is InChI=1S/C19H30ClN5O.HI/c1-19(2,3)23-10-9-22-18(21-4)25-12-11-24(17(26)14-25)13-15-5-7-16(20)8-6-15;/h5-8,23H,9-14H2,1-4H3,(H,21,22);1H. The summed E-state index contributed by atoms with van der Waals surface area (Å²) in [5, 5.41) is 7.47. The highest BCUT2D eigenvalue weighted by Gasteiger charge is 2.25. The molecular weight excluding hydrogens is 477 g/mol. The van der Waals surface area contributed by atoms with Crippen LogP contribution in [0.2, 0.25) is 5.02 Å². The molecule has 152 valence electrons. The first kappa shape index (κ1) is 24.0. The molecule has 0 saturated carbocycles. The Morgan fingerprint density at radius 2 is 1.85 bits per heavy atom. The lowest BCUT2D eigenvalue weighted by atomic mass is 10.1. The van der Waals surface area contributed by atoms with E-state index in [2.05, 4.69) is 36.4 Å². The SMILES string of the molecule is CN=C(NCCNC(C)(C)C)N1CCN(Cc2ccc(Cl)cc2)C(=O)C1.I. The second-order valence-electron chi connectivity index (χ2n) is 7.51. The van der Waals surface area contributed by atoms with E-state index in [9.17, 15) is 4.79 Å². The van der Waals surface area contributed by atoms with Crippen LogP contribution in [0, 0.1) is 0 Å². The number of halogens is 2. The lowest BCUT2D eigenvalue weighted by Gasteiger charge is -2.36. The van der Waals surface area contributed by atoms with Gasteiger partial charge in [-0.3, -0.25) is 9.79 Å². The number of guanidine groups is 1. The molecule has 0 spiro atoms. The molecule has 1 aromatic rings. The predicted octanol–water partition coefficient (Wildman–Crippen LogP) is 2.57. The number of piperazine rings is 1.